The number of nitrogens with one attached hydrogen (secondary N) is 2. The molecule has 4 heteroatoms. The van der Waals surface area contributed by atoms with Gasteiger partial charge >= 0.3 is 0 Å². The lowest BCUT2D eigenvalue weighted by molar-refractivity contribution is -0.121. The van der Waals surface area contributed by atoms with Crippen molar-refractivity contribution in [3.8, 4) is 6.07 Å². The van der Waals surface area contributed by atoms with Gasteiger partial charge in [0.05, 0.1) is 12.6 Å². The van der Waals surface area contributed by atoms with E-state index in [1.165, 1.54) is 0 Å². The molecule has 20 heavy (non-hydrogen) atoms. The van der Waals surface area contributed by atoms with Gasteiger partial charge < -0.3 is 10.6 Å². The Hall–Kier alpha value is -1.86. The number of hydrogen-bond acceptors (Lipinski definition) is 3. The summed E-state index contributed by atoms with van der Waals surface area (Å²) in [5.74, 6) is -0.101. The number of carbonyl (C=O) groups excluding carboxylic acids is 1. The summed E-state index contributed by atoms with van der Waals surface area (Å²) >= 11 is 0. The van der Waals surface area contributed by atoms with Gasteiger partial charge in [-0.15, -0.1) is 0 Å². The third kappa shape index (κ3) is 3.58. The van der Waals surface area contributed by atoms with Gasteiger partial charge in [0, 0.05) is 6.04 Å². The molecule has 2 rings (SSSR count). The van der Waals surface area contributed by atoms with Crippen LogP contribution < -0.4 is 10.6 Å². The number of carbonyl (C=O) groups is 1. The Bertz CT molecular complexity index is 486. The Morgan fingerprint density at radius 1 is 1.35 bits per heavy atom. The molecule has 4 nitrogen and oxygen atoms in total. The van der Waals surface area contributed by atoms with E-state index in [4.69, 9.17) is 0 Å². The minimum Gasteiger partial charge on any atom is -0.337 e. The Kier molecular flexibility index (Phi) is 4.75. The summed E-state index contributed by atoms with van der Waals surface area (Å²) in [7, 11) is 0. The molecule has 0 radical (unpaired) electrons. The number of rotatable bonds is 5. The van der Waals surface area contributed by atoms with Crippen molar-refractivity contribution in [1.29, 1.82) is 5.26 Å². The van der Waals surface area contributed by atoms with Crippen molar-refractivity contribution in [2.45, 2.75) is 44.2 Å². The Balaban J connectivity index is 1.82. The van der Waals surface area contributed by atoms with Crippen molar-refractivity contribution in [2.24, 2.45) is 0 Å². The van der Waals surface area contributed by atoms with E-state index in [0.717, 1.165) is 31.2 Å². The molecule has 2 N–H and O–H groups in total. The molecule has 0 aromatic heterocycles. The second-order valence-corrected chi connectivity index (χ2v) is 5.46. The molecule has 0 unspecified atom stereocenters. The van der Waals surface area contributed by atoms with Gasteiger partial charge in [0.15, 0.2) is 0 Å². The average molecular weight is 271 g/mol. The summed E-state index contributed by atoms with van der Waals surface area (Å²) in [6.07, 6.45) is 3.57. The molecule has 1 aromatic carbocycles. The number of nitriles is 1. The number of nitrogens with zero attached hydrogens (tertiary/aromatic N) is 1. The Morgan fingerprint density at radius 3 is 2.60 bits per heavy atom. The Labute approximate surface area is 120 Å². The fourth-order valence-electron chi connectivity index (χ4n) is 2.66. The smallest absolute Gasteiger partial charge is 0.235 e. The SMILES string of the molecule is C[C@@H](NCC(=O)NC1(C#N)CCCC1)c1ccccc1. The number of hydrogen-bond donors (Lipinski definition) is 2. The zero-order valence-electron chi connectivity index (χ0n) is 11.9. The Morgan fingerprint density at radius 2 is 2.00 bits per heavy atom. The lowest BCUT2D eigenvalue weighted by atomic mass is 10.00. The van der Waals surface area contributed by atoms with Crippen molar-refractivity contribution in [1.82, 2.24) is 10.6 Å². The molecule has 1 aliphatic rings. The zero-order valence-corrected chi connectivity index (χ0v) is 11.9. The highest BCUT2D eigenvalue weighted by Crippen LogP contribution is 2.28. The van der Waals surface area contributed by atoms with E-state index in [-0.39, 0.29) is 18.5 Å². The van der Waals surface area contributed by atoms with Gasteiger partial charge in [0.2, 0.25) is 5.91 Å². The first-order valence-electron chi connectivity index (χ1n) is 7.16. The second kappa shape index (κ2) is 6.53. The van der Waals surface area contributed by atoms with Crippen molar-refractivity contribution in [3.63, 3.8) is 0 Å². The average Bonchev–Trinajstić information content (AvgIpc) is 2.95. The van der Waals surface area contributed by atoms with Crippen molar-refractivity contribution in [2.75, 3.05) is 6.54 Å². The van der Waals surface area contributed by atoms with Gasteiger partial charge in [-0.2, -0.15) is 5.26 Å². The first kappa shape index (κ1) is 14.5. The van der Waals surface area contributed by atoms with E-state index in [2.05, 4.69) is 16.7 Å². The third-order valence-corrected chi connectivity index (χ3v) is 3.92. The van der Waals surface area contributed by atoms with Crippen LogP contribution in [0.5, 0.6) is 0 Å². The molecule has 1 aliphatic carbocycles. The number of amides is 1. The molecule has 1 saturated carbocycles. The summed E-state index contributed by atoms with van der Waals surface area (Å²) in [4.78, 5) is 12.0. The molecule has 106 valence electrons. The fraction of sp³-hybridized carbons (Fsp3) is 0.500. The summed E-state index contributed by atoms with van der Waals surface area (Å²) in [6.45, 7) is 2.26. The van der Waals surface area contributed by atoms with Crippen molar-refractivity contribution in [3.05, 3.63) is 35.9 Å². The molecule has 0 heterocycles. The lowest BCUT2D eigenvalue weighted by Crippen LogP contribution is -2.48. The van der Waals surface area contributed by atoms with E-state index in [0.29, 0.717) is 0 Å². The summed E-state index contributed by atoms with van der Waals surface area (Å²) in [6, 6.07) is 12.4. The first-order chi connectivity index (χ1) is 9.65. The molecular formula is C16H21N3O. The van der Waals surface area contributed by atoms with Gasteiger partial charge in [0.25, 0.3) is 0 Å². The van der Waals surface area contributed by atoms with Gasteiger partial charge in [0.1, 0.15) is 5.54 Å². The van der Waals surface area contributed by atoms with E-state index in [1.54, 1.807) is 0 Å². The summed E-state index contributed by atoms with van der Waals surface area (Å²) in [5.41, 5.74) is 0.519. The second-order valence-electron chi connectivity index (χ2n) is 5.46. The van der Waals surface area contributed by atoms with Crippen LogP contribution in [-0.2, 0) is 4.79 Å². The topological polar surface area (TPSA) is 64.9 Å². The molecule has 0 spiro atoms. The molecule has 0 bridgehead atoms. The van der Waals surface area contributed by atoms with Crippen LogP contribution in [0.25, 0.3) is 0 Å². The minimum absolute atomic E-state index is 0.101. The zero-order chi connectivity index (χ0) is 14.4. The van der Waals surface area contributed by atoms with Crippen LogP contribution in [0.15, 0.2) is 30.3 Å². The molecule has 1 aromatic rings. The highest BCUT2D eigenvalue weighted by atomic mass is 16.2. The van der Waals surface area contributed by atoms with E-state index in [9.17, 15) is 10.1 Å². The lowest BCUT2D eigenvalue weighted by Gasteiger charge is -2.23. The van der Waals surface area contributed by atoms with Crippen LogP contribution >= 0.6 is 0 Å². The fourth-order valence-corrected chi connectivity index (χ4v) is 2.66. The predicted octanol–water partition coefficient (Wildman–Crippen LogP) is 2.29. The van der Waals surface area contributed by atoms with Crippen LogP contribution in [0.1, 0.15) is 44.2 Å². The molecule has 0 saturated heterocycles. The quantitative estimate of drug-likeness (QED) is 0.863. The highest BCUT2D eigenvalue weighted by Gasteiger charge is 2.35. The van der Waals surface area contributed by atoms with Crippen LogP contribution in [-0.4, -0.2) is 18.0 Å². The molecule has 0 aliphatic heterocycles. The van der Waals surface area contributed by atoms with Crippen LogP contribution in [0.4, 0.5) is 0 Å². The largest absolute Gasteiger partial charge is 0.337 e. The van der Waals surface area contributed by atoms with Gasteiger partial charge in [-0.1, -0.05) is 30.3 Å². The number of benzene rings is 1. The minimum atomic E-state index is -0.630. The van der Waals surface area contributed by atoms with Crippen molar-refractivity contribution < 1.29 is 4.79 Å². The van der Waals surface area contributed by atoms with Crippen LogP contribution in [0, 0.1) is 11.3 Å². The van der Waals surface area contributed by atoms with Crippen LogP contribution in [0.2, 0.25) is 0 Å². The maximum atomic E-state index is 12.0. The van der Waals surface area contributed by atoms with E-state index in [1.807, 2.05) is 37.3 Å². The molecule has 1 amide bonds. The summed E-state index contributed by atoms with van der Waals surface area (Å²) < 4.78 is 0. The van der Waals surface area contributed by atoms with Gasteiger partial charge in [-0.25, -0.2) is 0 Å². The normalized spacial score (nSPS) is 18.2. The van der Waals surface area contributed by atoms with Crippen LogP contribution in [0.3, 0.4) is 0 Å². The van der Waals surface area contributed by atoms with E-state index >= 15 is 0 Å². The maximum absolute atomic E-state index is 12.0. The highest BCUT2D eigenvalue weighted by molar-refractivity contribution is 5.79. The van der Waals surface area contributed by atoms with E-state index < -0.39 is 5.54 Å². The monoisotopic (exact) mass is 271 g/mol. The molecule has 1 atom stereocenters. The first-order valence-corrected chi connectivity index (χ1v) is 7.16. The third-order valence-electron chi connectivity index (χ3n) is 3.92. The van der Waals surface area contributed by atoms with Gasteiger partial charge in [-0.05, 0) is 38.2 Å². The molecular weight excluding hydrogens is 250 g/mol. The summed E-state index contributed by atoms with van der Waals surface area (Å²) in [5, 5.41) is 15.3. The standard InChI is InChI=1S/C16H21N3O/c1-13(14-7-3-2-4-8-14)18-11-15(20)19-16(12-17)9-5-6-10-16/h2-4,7-8,13,18H,5-6,9-11H2,1H3,(H,19,20)/t13-/m1/s1. The molecule has 1 fully saturated rings. The van der Waals surface area contributed by atoms with Crippen molar-refractivity contribution >= 4 is 5.91 Å². The van der Waals surface area contributed by atoms with Gasteiger partial charge in [-0.3, -0.25) is 4.79 Å². The predicted molar refractivity (Wildman–Crippen MR) is 77.8 cm³/mol. The maximum Gasteiger partial charge on any atom is 0.235 e.